The molecule has 0 bridgehead atoms. The number of thioether (sulfide) groups is 1. The third-order valence-corrected chi connectivity index (χ3v) is 4.83. The minimum atomic E-state index is 0.0604. The summed E-state index contributed by atoms with van der Waals surface area (Å²) in [6.45, 7) is 7.03. The molecule has 1 rings (SSSR count). The first kappa shape index (κ1) is 16.6. The van der Waals surface area contributed by atoms with Crippen LogP contribution < -0.4 is 5.32 Å². The largest absolute Gasteiger partial charge is 0.396 e. The number of aliphatic hydroxyl groups is 1. The Kier molecular flexibility index (Phi) is 8.30. The molecule has 0 spiro atoms. The summed E-state index contributed by atoms with van der Waals surface area (Å²) in [7, 11) is 0. The maximum absolute atomic E-state index is 11.9. The molecule has 2 amide bonds. The molecule has 0 atom stereocenters. The second-order valence-corrected chi connectivity index (χ2v) is 6.82. The molecule has 1 aliphatic rings. The summed E-state index contributed by atoms with van der Waals surface area (Å²) >= 11 is 1.96. The van der Waals surface area contributed by atoms with Crippen LogP contribution in [0.15, 0.2) is 0 Å². The van der Waals surface area contributed by atoms with Crippen molar-refractivity contribution in [2.45, 2.75) is 33.1 Å². The van der Waals surface area contributed by atoms with E-state index < -0.39 is 0 Å². The molecule has 0 unspecified atom stereocenters. The van der Waals surface area contributed by atoms with Crippen LogP contribution in [0.5, 0.6) is 0 Å². The van der Waals surface area contributed by atoms with E-state index in [2.05, 4.69) is 19.2 Å². The van der Waals surface area contributed by atoms with Crippen molar-refractivity contribution in [2.75, 3.05) is 37.7 Å². The Bertz CT molecular complexity index is 254. The molecule has 0 aliphatic carbocycles. The number of carbonyl (C=O) groups is 1. The summed E-state index contributed by atoms with van der Waals surface area (Å²) in [5.41, 5.74) is 0. The first-order valence-electron chi connectivity index (χ1n) is 7.35. The van der Waals surface area contributed by atoms with Crippen LogP contribution in [-0.2, 0) is 0 Å². The van der Waals surface area contributed by atoms with Crippen molar-refractivity contribution in [1.29, 1.82) is 0 Å². The molecule has 2 N–H and O–H groups in total. The lowest BCUT2D eigenvalue weighted by atomic mass is 9.98. The molecule has 1 aliphatic heterocycles. The second kappa shape index (κ2) is 9.48. The number of hydrogen-bond acceptors (Lipinski definition) is 3. The predicted molar refractivity (Wildman–Crippen MR) is 81.6 cm³/mol. The highest BCUT2D eigenvalue weighted by Crippen LogP contribution is 2.16. The van der Waals surface area contributed by atoms with Crippen molar-refractivity contribution in [2.24, 2.45) is 11.8 Å². The number of rotatable bonds is 7. The number of nitrogens with one attached hydrogen (secondary N) is 1. The van der Waals surface area contributed by atoms with Gasteiger partial charge in [0.25, 0.3) is 0 Å². The van der Waals surface area contributed by atoms with Crippen molar-refractivity contribution < 1.29 is 9.90 Å². The third-order valence-electron chi connectivity index (χ3n) is 3.35. The highest BCUT2D eigenvalue weighted by molar-refractivity contribution is 7.99. The number of amides is 2. The normalized spacial score (nSPS) is 16.9. The summed E-state index contributed by atoms with van der Waals surface area (Å²) in [5, 5.41) is 12.0. The van der Waals surface area contributed by atoms with Gasteiger partial charge < -0.3 is 15.3 Å². The summed E-state index contributed by atoms with van der Waals surface area (Å²) in [6, 6.07) is 0.0604. The van der Waals surface area contributed by atoms with Crippen LogP contribution in [0.2, 0.25) is 0 Å². The number of likely N-dealkylation sites (tertiary alicyclic amines) is 1. The molecule has 4 nitrogen and oxygen atoms in total. The minimum absolute atomic E-state index is 0.0604. The summed E-state index contributed by atoms with van der Waals surface area (Å²) in [6.07, 6.45) is 2.89. The number of nitrogens with zero attached hydrogens (tertiary/aromatic N) is 1. The van der Waals surface area contributed by atoms with E-state index in [-0.39, 0.29) is 12.6 Å². The van der Waals surface area contributed by atoms with Gasteiger partial charge in [0.1, 0.15) is 0 Å². The summed E-state index contributed by atoms with van der Waals surface area (Å²) in [5.74, 6) is 3.44. The first-order valence-corrected chi connectivity index (χ1v) is 8.50. The highest BCUT2D eigenvalue weighted by Gasteiger charge is 2.21. The molecular formula is C14H28N2O2S. The van der Waals surface area contributed by atoms with E-state index in [1.807, 2.05) is 16.7 Å². The molecule has 0 radical (unpaired) electrons. The standard InChI is InChI=1S/C14H28N2O2S/c1-12(2)11-19-9-3-6-15-14(18)16-7-4-13(10-17)5-8-16/h12-13,17H,3-11H2,1-2H3,(H,15,18). The van der Waals surface area contributed by atoms with Crippen LogP contribution in [0.1, 0.15) is 33.1 Å². The molecular weight excluding hydrogens is 260 g/mol. The Hall–Kier alpha value is -0.420. The van der Waals surface area contributed by atoms with E-state index in [1.165, 1.54) is 5.75 Å². The molecule has 19 heavy (non-hydrogen) atoms. The van der Waals surface area contributed by atoms with Gasteiger partial charge in [0, 0.05) is 26.2 Å². The van der Waals surface area contributed by atoms with Crippen LogP contribution in [0.4, 0.5) is 4.79 Å². The quantitative estimate of drug-likeness (QED) is 0.706. The SMILES string of the molecule is CC(C)CSCCCNC(=O)N1CCC(CO)CC1. The van der Waals surface area contributed by atoms with Crippen molar-refractivity contribution in [3.63, 3.8) is 0 Å². The van der Waals surface area contributed by atoms with Crippen LogP contribution in [0.3, 0.4) is 0 Å². The van der Waals surface area contributed by atoms with Gasteiger partial charge in [-0.25, -0.2) is 4.79 Å². The lowest BCUT2D eigenvalue weighted by molar-refractivity contribution is 0.137. The fourth-order valence-electron chi connectivity index (χ4n) is 2.12. The Balaban J connectivity index is 2.02. The van der Waals surface area contributed by atoms with Crippen molar-refractivity contribution in [3.05, 3.63) is 0 Å². The summed E-state index contributed by atoms with van der Waals surface area (Å²) < 4.78 is 0. The zero-order valence-corrected chi connectivity index (χ0v) is 13.0. The average Bonchev–Trinajstić information content (AvgIpc) is 2.42. The fourth-order valence-corrected chi connectivity index (χ4v) is 3.11. The maximum Gasteiger partial charge on any atom is 0.317 e. The topological polar surface area (TPSA) is 52.6 Å². The number of piperidine rings is 1. The van der Waals surface area contributed by atoms with E-state index in [9.17, 15) is 4.79 Å². The second-order valence-electron chi connectivity index (χ2n) is 5.67. The Labute approximate surface area is 121 Å². The Morgan fingerprint density at radius 2 is 2.11 bits per heavy atom. The zero-order valence-electron chi connectivity index (χ0n) is 12.2. The highest BCUT2D eigenvalue weighted by atomic mass is 32.2. The van der Waals surface area contributed by atoms with Gasteiger partial charge in [-0.05, 0) is 42.6 Å². The molecule has 0 aromatic rings. The maximum atomic E-state index is 11.9. The number of aliphatic hydroxyl groups excluding tert-OH is 1. The average molecular weight is 288 g/mol. The monoisotopic (exact) mass is 288 g/mol. The van der Waals surface area contributed by atoms with Gasteiger partial charge in [-0.2, -0.15) is 11.8 Å². The first-order chi connectivity index (χ1) is 9.13. The van der Waals surface area contributed by atoms with Gasteiger partial charge in [0.05, 0.1) is 0 Å². The number of urea groups is 1. The van der Waals surface area contributed by atoms with Gasteiger partial charge in [0.15, 0.2) is 0 Å². The van der Waals surface area contributed by atoms with E-state index >= 15 is 0 Å². The molecule has 112 valence electrons. The smallest absolute Gasteiger partial charge is 0.317 e. The predicted octanol–water partition coefficient (Wildman–Crippen LogP) is 2.18. The lowest BCUT2D eigenvalue weighted by Crippen LogP contribution is -2.45. The Morgan fingerprint density at radius 3 is 2.68 bits per heavy atom. The van der Waals surface area contributed by atoms with Gasteiger partial charge in [-0.15, -0.1) is 0 Å². The van der Waals surface area contributed by atoms with Gasteiger partial charge in [-0.1, -0.05) is 13.8 Å². The van der Waals surface area contributed by atoms with Crippen molar-refractivity contribution in [3.8, 4) is 0 Å². The van der Waals surface area contributed by atoms with Crippen molar-refractivity contribution in [1.82, 2.24) is 10.2 Å². The van der Waals surface area contributed by atoms with E-state index in [4.69, 9.17) is 5.11 Å². The van der Waals surface area contributed by atoms with Crippen molar-refractivity contribution >= 4 is 17.8 Å². The lowest BCUT2D eigenvalue weighted by Gasteiger charge is -2.31. The molecule has 5 heteroatoms. The van der Waals surface area contributed by atoms with Gasteiger partial charge in [0.2, 0.25) is 0 Å². The van der Waals surface area contributed by atoms with Crippen LogP contribution in [0, 0.1) is 11.8 Å². The van der Waals surface area contributed by atoms with Gasteiger partial charge in [-0.3, -0.25) is 0 Å². The molecule has 0 aromatic heterocycles. The van der Waals surface area contributed by atoms with Crippen LogP contribution in [0.25, 0.3) is 0 Å². The molecule has 1 fully saturated rings. The van der Waals surface area contributed by atoms with Crippen LogP contribution in [-0.4, -0.2) is 53.8 Å². The minimum Gasteiger partial charge on any atom is -0.396 e. The fraction of sp³-hybridized carbons (Fsp3) is 0.929. The molecule has 1 saturated heterocycles. The third kappa shape index (κ3) is 7.06. The van der Waals surface area contributed by atoms with Gasteiger partial charge >= 0.3 is 6.03 Å². The van der Waals surface area contributed by atoms with E-state index in [0.717, 1.165) is 50.6 Å². The number of hydrogen-bond donors (Lipinski definition) is 2. The van der Waals surface area contributed by atoms with Crippen LogP contribution >= 0.6 is 11.8 Å². The molecule has 1 heterocycles. The van der Waals surface area contributed by atoms with E-state index in [1.54, 1.807) is 0 Å². The zero-order chi connectivity index (χ0) is 14.1. The Morgan fingerprint density at radius 1 is 1.42 bits per heavy atom. The molecule has 0 saturated carbocycles. The number of carbonyl (C=O) groups excluding carboxylic acids is 1. The van der Waals surface area contributed by atoms with E-state index in [0.29, 0.717) is 5.92 Å². The molecule has 0 aromatic carbocycles. The summed E-state index contributed by atoms with van der Waals surface area (Å²) in [4.78, 5) is 13.7.